The molecule has 0 saturated heterocycles. The third kappa shape index (κ3) is 3.97. The van der Waals surface area contributed by atoms with Gasteiger partial charge in [-0.2, -0.15) is 5.10 Å². The summed E-state index contributed by atoms with van der Waals surface area (Å²) in [5.41, 5.74) is 3.47. The Labute approximate surface area is 166 Å². The van der Waals surface area contributed by atoms with Crippen LogP contribution in [0.5, 0.6) is 0 Å². The van der Waals surface area contributed by atoms with E-state index >= 15 is 0 Å². The SMILES string of the molecule is O=Cc1ccc(-c2nn(-c3ccccc3)cc2Sc2ccc(Cl)cc2)cc1. The van der Waals surface area contributed by atoms with E-state index < -0.39 is 0 Å². The first-order valence-corrected chi connectivity index (χ1v) is 9.56. The zero-order valence-corrected chi connectivity index (χ0v) is 15.8. The van der Waals surface area contributed by atoms with Gasteiger partial charge in [-0.25, -0.2) is 4.68 Å². The molecule has 0 fully saturated rings. The van der Waals surface area contributed by atoms with E-state index in [0.717, 1.165) is 33.0 Å². The molecule has 0 bridgehead atoms. The van der Waals surface area contributed by atoms with Gasteiger partial charge in [-0.15, -0.1) is 0 Å². The molecule has 0 amide bonds. The zero-order chi connectivity index (χ0) is 18.6. The Hall–Kier alpha value is -2.82. The summed E-state index contributed by atoms with van der Waals surface area (Å²) in [7, 11) is 0. The van der Waals surface area contributed by atoms with Gasteiger partial charge in [0.15, 0.2) is 0 Å². The molecular weight excluding hydrogens is 376 g/mol. The predicted octanol–water partition coefficient (Wildman–Crippen LogP) is 6.16. The molecule has 1 heterocycles. The molecule has 4 rings (SSSR count). The van der Waals surface area contributed by atoms with Gasteiger partial charge < -0.3 is 0 Å². The Kier molecular flexibility index (Phi) is 5.10. The summed E-state index contributed by atoms with van der Waals surface area (Å²) in [5, 5.41) is 5.51. The van der Waals surface area contributed by atoms with Crippen LogP contribution in [0.4, 0.5) is 0 Å². The molecule has 0 aliphatic carbocycles. The van der Waals surface area contributed by atoms with Crippen molar-refractivity contribution in [1.82, 2.24) is 9.78 Å². The van der Waals surface area contributed by atoms with Crippen LogP contribution in [0.25, 0.3) is 16.9 Å². The van der Waals surface area contributed by atoms with Crippen LogP contribution in [0.3, 0.4) is 0 Å². The van der Waals surface area contributed by atoms with Gasteiger partial charge in [0.2, 0.25) is 0 Å². The average Bonchev–Trinajstić information content (AvgIpc) is 3.14. The van der Waals surface area contributed by atoms with Crippen molar-refractivity contribution in [2.45, 2.75) is 9.79 Å². The molecule has 0 N–H and O–H groups in total. The monoisotopic (exact) mass is 390 g/mol. The number of halogens is 1. The fraction of sp³-hybridized carbons (Fsp3) is 0. The molecule has 3 nitrogen and oxygen atoms in total. The standard InChI is InChI=1S/C22H15ClN2OS/c23-18-10-12-20(13-11-18)27-21-14-25(19-4-2-1-3-5-19)24-22(21)17-8-6-16(15-26)7-9-17/h1-15H. The number of carbonyl (C=O) groups is 1. The quantitative estimate of drug-likeness (QED) is 0.383. The van der Waals surface area contributed by atoms with E-state index in [-0.39, 0.29) is 0 Å². The van der Waals surface area contributed by atoms with Crippen molar-refractivity contribution in [2.24, 2.45) is 0 Å². The van der Waals surface area contributed by atoms with Gasteiger partial charge in [0.05, 0.1) is 10.6 Å². The molecule has 0 aliphatic heterocycles. The lowest BCUT2D eigenvalue weighted by Gasteiger charge is -2.03. The second kappa shape index (κ2) is 7.82. The Morgan fingerprint density at radius 3 is 2.26 bits per heavy atom. The van der Waals surface area contributed by atoms with Crippen molar-refractivity contribution in [1.29, 1.82) is 0 Å². The number of rotatable bonds is 5. The van der Waals surface area contributed by atoms with Crippen molar-refractivity contribution in [2.75, 3.05) is 0 Å². The summed E-state index contributed by atoms with van der Waals surface area (Å²) in [4.78, 5) is 13.1. The molecule has 0 aliphatic rings. The molecule has 0 atom stereocenters. The van der Waals surface area contributed by atoms with Crippen molar-refractivity contribution in [3.8, 4) is 16.9 Å². The maximum absolute atomic E-state index is 10.9. The number of hydrogen-bond donors (Lipinski definition) is 0. The average molecular weight is 391 g/mol. The van der Waals surface area contributed by atoms with Crippen molar-refractivity contribution >= 4 is 29.6 Å². The lowest BCUT2D eigenvalue weighted by Crippen LogP contribution is -1.94. The van der Waals surface area contributed by atoms with Gasteiger partial charge in [-0.05, 0) is 36.4 Å². The number of hydrogen-bond acceptors (Lipinski definition) is 3. The summed E-state index contributed by atoms with van der Waals surface area (Å²) in [5.74, 6) is 0. The molecule has 27 heavy (non-hydrogen) atoms. The van der Waals surface area contributed by atoms with Crippen LogP contribution < -0.4 is 0 Å². The molecule has 0 unspecified atom stereocenters. The second-order valence-corrected chi connectivity index (χ2v) is 7.47. The van der Waals surface area contributed by atoms with Crippen LogP contribution in [0.2, 0.25) is 5.02 Å². The van der Waals surface area contributed by atoms with E-state index in [1.807, 2.05) is 77.6 Å². The summed E-state index contributed by atoms with van der Waals surface area (Å²) < 4.78 is 1.88. The first kappa shape index (κ1) is 17.6. The van der Waals surface area contributed by atoms with E-state index in [0.29, 0.717) is 10.6 Å². The Bertz CT molecular complexity index is 1060. The van der Waals surface area contributed by atoms with Gasteiger partial charge >= 0.3 is 0 Å². The van der Waals surface area contributed by atoms with E-state index in [4.69, 9.17) is 16.7 Å². The van der Waals surface area contributed by atoms with Gasteiger partial charge in [0, 0.05) is 27.2 Å². The fourth-order valence-electron chi connectivity index (χ4n) is 2.69. The van der Waals surface area contributed by atoms with Crippen LogP contribution >= 0.6 is 23.4 Å². The fourth-order valence-corrected chi connectivity index (χ4v) is 3.75. The van der Waals surface area contributed by atoms with Gasteiger partial charge in [-0.1, -0.05) is 65.8 Å². The van der Waals surface area contributed by atoms with E-state index in [2.05, 4.69) is 0 Å². The van der Waals surface area contributed by atoms with E-state index in [1.165, 1.54) is 0 Å². The van der Waals surface area contributed by atoms with Crippen molar-refractivity contribution in [3.05, 3.63) is 95.6 Å². The summed E-state index contributed by atoms with van der Waals surface area (Å²) >= 11 is 7.63. The highest BCUT2D eigenvalue weighted by molar-refractivity contribution is 7.99. The Morgan fingerprint density at radius 1 is 0.889 bits per heavy atom. The maximum Gasteiger partial charge on any atom is 0.150 e. The minimum Gasteiger partial charge on any atom is -0.298 e. The highest BCUT2D eigenvalue weighted by Crippen LogP contribution is 2.36. The Balaban J connectivity index is 1.77. The minimum atomic E-state index is 0.646. The number of aromatic nitrogens is 2. The summed E-state index contributed by atoms with van der Waals surface area (Å²) in [6, 6.07) is 25.2. The van der Waals surface area contributed by atoms with Gasteiger partial charge in [0.1, 0.15) is 12.0 Å². The maximum atomic E-state index is 10.9. The number of para-hydroxylation sites is 1. The molecule has 1 aromatic heterocycles. The van der Waals surface area contributed by atoms with E-state index in [9.17, 15) is 4.79 Å². The first-order valence-electron chi connectivity index (χ1n) is 8.37. The summed E-state index contributed by atoms with van der Waals surface area (Å²) in [6.07, 6.45) is 2.87. The third-order valence-corrected chi connectivity index (χ3v) is 5.34. The van der Waals surface area contributed by atoms with Gasteiger partial charge in [-0.3, -0.25) is 4.79 Å². The minimum absolute atomic E-state index is 0.646. The second-order valence-electron chi connectivity index (χ2n) is 5.92. The molecule has 0 spiro atoms. The number of nitrogens with zero attached hydrogens (tertiary/aromatic N) is 2. The molecular formula is C22H15ClN2OS. The molecule has 5 heteroatoms. The Morgan fingerprint density at radius 2 is 1.59 bits per heavy atom. The van der Waals surface area contributed by atoms with Crippen LogP contribution in [-0.2, 0) is 0 Å². The first-order chi connectivity index (χ1) is 13.2. The number of aldehydes is 1. The lowest BCUT2D eigenvalue weighted by molar-refractivity contribution is 0.112. The number of benzene rings is 3. The normalized spacial score (nSPS) is 10.7. The van der Waals surface area contributed by atoms with Crippen LogP contribution in [0.1, 0.15) is 10.4 Å². The largest absolute Gasteiger partial charge is 0.298 e. The zero-order valence-electron chi connectivity index (χ0n) is 14.2. The molecule has 132 valence electrons. The molecule has 0 radical (unpaired) electrons. The van der Waals surface area contributed by atoms with Crippen molar-refractivity contribution in [3.63, 3.8) is 0 Å². The molecule has 4 aromatic rings. The number of carbonyl (C=O) groups excluding carboxylic acids is 1. The topological polar surface area (TPSA) is 34.9 Å². The highest BCUT2D eigenvalue weighted by Gasteiger charge is 2.14. The third-order valence-electron chi connectivity index (χ3n) is 4.06. The van der Waals surface area contributed by atoms with Crippen LogP contribution in [-0.4, -0.2) is 16.1 Å². The van der Waals surface area contributed by atoms with Gasteiger partial charge in [0.25, 0.3) is 0 Å². The smallest absolute Gasteiger partial charge is 0.150 e. The highest BCUT2D eigenvalue weighted by atomic mass is 35.5. The summed E-state index contributed by atoms with van der Waals surface area (Å²) in [6.45, 7) is 0. The molecule has 0 saturated carbocycles. The lowest BCUT2D eigenvalue weighted by atomic mass is 10.1. The van der Waals surface area contributed by atoms with Crippen molar-refractivity contribution < 1.29 is 4.79 Å². The van der Waals surface area contributed by atoms with Crippen LogP contribution in [0, 0.1) is 0 Å². The predicted molar refractivity (Wildman–Crippen MR) is 110 cm³/mol. The van der Waals surface area contributed by atoms with Crippen LogP contribution in [0.15, 0.2) is 94.9 Å². The van der Waals surface area contributed by atoms with E-state index in [1.54, 1.807) is 23.9 Å². The molecule has 3 aromatic carbocycles.